The first-order valence-electron chi connectivity index (χ1n) is 6.36. The molecule has 1 amide bonds. The quantitative estimate of drug-likeness (QED) is 0.813. The lowest BCUT2D eigenvalue weighted by molar-refractivity contribution is -0.132. The van der Waals surface area contributed by atoms with Crippen molar-refractivity contribution in [3.63, 3.8) is 0 Å². The second kappa shape index (κ2) is 5.94. The molecule has 1 aliphatic rings. The van der Waals surface area contributed by atoms with Crippen LogP contribution in [0.2, 0.25) is 0 Å². The van der Waals surface area contributed by atoms with Crippen LogP contribution in [0.3, 0.4) is 0 Å². The second-order valence-corrected chi connectivity index (χ2v) is 5.65. The van der Waals surface area contributed by atoms with Gasteiger partial charge in [-0.15, -0.1) is 0 Å². The van der Waals surface area contributed by atoms with Crippen molar-refractivity contribution in [3.05, 3.63) is 11.8 Å². The molecule has 0 aliphatic carbocycles. The molecule has 0 aromatic heterocycles. The van der Waals surface area contributed by atoms with E-state index in [9.17, 15) is 9.59 Å². The smallest absolute Gasteiger partial charge is 0.225 e. The van der Waals surface area contributed by atoms with Crippen LogP contribution >= 0.6 is 0 Å². The largest absolute Gasteiger partial charge is 0.346 e. The summed E-state index contributed by atoms with van der Waals surface area (Å²) in [6, 6.07) is -0.428. The van der Waals surface area contributed by atoms with Crippen LogP contribution in [0, 0.1) is 5.41 Å². The van der Waals surface area contributed by atoms with Gasteiger partial charge in [0.15, 0.2) is 5.78 Å². The molecule has 100 valence electrons. The molecule has 18 heavy (non-hydrogen) atoms. The second-order valence-electron chi connectivity index (χ2n) is 5.65. The topological polar surface area (TPSA) is 58.5 Å². The molecule has 4 nitrogen and oxygen atoms in total. The zero-order valence-corrected chi connectivity index (χ0v) is 11.6. The third-order valence-electron chi connectivity index (χ3n) is 2.86. The van der Waals surface area contributed by atoms with Gasteiger partial charge < -0.3 is 5.32 Å². The summed E-state index contributed by atoms with van der Waals surface area (Å²) in [5.41, 5.74) is 0.505. The summed E-state index contributed by atoms with van der Waals surface area (Å²) in [6.45, 7) is 7.23. The van der Waals surface area contributed by atoms with Crippen LogP contribution in [0.1, 0.15) is 47.0 Å². The van der Waals surface area contributed by atoms with Gasteiger partial charge in [-0.2, -0.15) is 0 Å². The zero-order valence-electron chi connectivity index (χ0n) is 11.6. The lowest BCUT2D eigenvalue weighted by atomic mass is 9.95. The summed E-state index contributed by atoms with van der Waals surface area (Å²) >= 11 is 0. The molecule has 0 aromatic rings. The fraction of sp³-hybridized carbons (Fsp3) is 0.643. The van der Waals surface area contributed by atoms with Crippen molar-refractivity contribution in [1.82, 2.24) is 5.32 Å². The molecule has 1 aliphatic heterocycles. The van der Waals surface area contributed by atoms with Gasteiger partial charge in [0.25, 0.3) is 0 Å². The molecule has 0 radical (unpaired) electrons. The van der Waals surface area contributed by atoms with Crippen LogP contribution in [-0.2, 0) is 9.59 Å². The Bertz CT molecular complexity index is 389. The molecular weight excluding hydrogens is 228 g/mol. The van der Waals surface area contributed by atoms with Crippen LogP contribution < -0.4 is 5.32 Å². The molecule has 0 saturated carbocycles. The van der Waals surface area contributed by atoms with Crippen LogP contribution in [0.5, 0.6) is 0 Å². The third-order valence-corrected chi connectivity index (χ3v) is 2.86. The van der Waals surface area contributed by atoms with E-state index < -0.39 is 11.5 Å². The van der Waals surface area contributed by atoms with Gasteiger partial charge in [0.1, 0.15) is 0 Å². The van der Waals surface area contributed by atoms with Crippen molar-refractivity contribution in [1.29, 1.82) is 0 Å². The highest BCUT2D eigenvalue weighted by Crippen LogP contribution is 2.15. The Kier molecular flexibility index (Phi) is 4.82. The number of ketones is 1. The number of aliphatic imine (C=N–C) groups is 1. The molecule has 1 rings (SSSR count). The van der Waals surface area contributed by atoms with Gasteiger partial charge in [0.05, 0.1) is 6.04 Å². The molecule has 1 heterocycles. The van der Waals surface area contributed by atoms with E-state index >= 15 is 0 Å². The third kappa shape index (κ3) is 4.43. The predicted molar refractivity (Wildman–Crippen MR) is 72.5 cm³/mol. The molecule has 0 spiro atoms. The van der Waals surface area contributed by atoms with E-state index in [2.05, 4.69) is 10.3 Å². The monoisotopic (exact) mass is 250 g/mol. The number of nitrogens with one attached hydrogen (secondary N) is 1. The van der Waals surface area contributed by atoms with E-state index in [4.69, 9.17) is 0 Å². The number of amides is 1. The van der Waals surface area contributed by atoms with E-state index in [1.165, 1.54) is 0 Å². The minimum Gasteiger partial charge on any atom is -0.346 e. The van der Waals surface area contributed by atoms with Gasteiger partial charge >= 0.3 is 0 Å². The van der Waals surface area contributed by atoms with Gasteiger partial charge in [-0.25, -0.2) is 0 Å². The molecule has 1 N–H and O–H groups in total. The summed E-state index contributed by atoms with van der Waals surface area (Å²) in [5, 5.41) is 2.75. The fourth-order valence-corrected chi connectivity index (χ4v) is 1.54. The minimum absolute atomic E-state index is 0.0515. The predicted octanol–water partition coefficient (Wildman–Crippen LogP) is 2.24. The van der Waals surface area contributed by atoms with E-state index in [1.54, 1.807) is 6.92 Å². The van der Waals surface area contributed by atoms with Crippen molar-refractivity contribution in [3.8, 4) is 0 Å². The Labute approximate surface area is 109 Å². The minimum atomic E-state index is -0.465. The van der Waals surface area contributed by atoms with Gasteiger partial charge in [0.2, 0.25) is 5.91 Å². The SMILES string of the molecule is C[C@H](NC(=O)C(C)(C)C)C(=O)CCC1=CCC=N1. The first-order chi connectivity index (χ1) is 8.30. The molecule has 0 fully saturated rings. The van der Waals surface area contributed by atoms with E-state index in [0.29, 0.717) is 12.8 Å². The molecule has 0 saturated heterocycles. The Morgan fingerprint density at radius 3 is 2.61 bits per heavy atom. The summed E-state index contributed by atoms with van der Waals surface area (Å²) < 4.78 is 0. The Morgan fingerprint density at radius 1 is 1.44 bits per heavy atom. The van der Waals surface area contributed by atoms with Crippen LogP contribution in [0.15, 0.2) is 16.8 Å². The first-order valence-corrected chi connectivity index (χ1v) is 6.36. The average Bonchev–Trinajstić information content (AvgIpc) is 2.77. The lowest BCUT2D eigenvalue weighted by Gasteiger charge is -2.21. The number of carbonyl (C=O) groups is 2. The Morgan fingerprint density at radius 2 is 2.11 bits per heavy atom. The van der Waals surface area contributed by atoms with Crippen molar-refractivity contribution in [2.75, 3.05) is 0 Å². The molecule has 0 aromatic carbocycles. The summed E-state index contributed by atoms with van der Waals surface area (Å²) in [4.78, 5) is 27.8. The van der Waals surface area contributed by atoms with Gasteiger partial charge in [0, 0.05) is 30.2 Å². The number of allylic oxidation sites excluding steroid dienone is 2. The standard InChI is InChI=1S/C14H22N2O2/c1-10(16-13(18)14(2,3)4)12(17)8-7-11-6-5-9-15-11/h6,9-10H,5,7-8H2,1-4H3,(H,16,18)/t10-/m0/s1. The highest BCUT2D eigenvalue weighted by Gasteiger charge is 2.24. The van der Waals surface area contributed by atoms with E-state index in [0.717, 1.165) is 12.1 Å². The van der Waals surface area contributed by atoms with Crippen molar-refractivity contribution in [2.24, 2.45) is 10.4 Å². The normalized spacial score (nSPS) is 16.3. The number of hydrogen-bond acceptors (Lipinski definition) is 3. The summed E-state index contributed by atoms with van der Waals surface area (Å²) in [7, 11) is 0. The van der Waals surface area contributed by atoms with E-state index in [-0.39, 0.29) is 11.7 Å². The average molecular weight is 250 g/mol. The number of hydrogen-bond donors (Lipinski definition) is 1. The highest BCUT2D eigenvalue weighted by molar-refractivity contribution is 5.90. The Hall–Kier alpha value is -1.45. The van der Waals surface area contributed by atoms with Crippen molar-refractivity contribution in [2.45, 2.75) is 53.0 Å². The van der Waals surface area contributed by atoms with Gasteiger partial charge in [-0.3, -0.25) is 14.6 Å². The lowest BCUT2D eigenvalue weighted by Crippen LogP contribution is -2.44. The molecular formula is C14H22N2O2. The number of rotatable bonds is 5. The van der Waals surface area contributed by atoms with Crippen molar-refractivity contribution < 1.29 is 9.59 Å². The maximum atomic E-state index is 11.9. The van der Waals surface area contributed by atoms with Gasteiger partial charge in [-0.1, -0.05) is 26.8 Å². The molecule has 4 heteroatoms. The number of Topliss-reactive ketones (excluding diaryl/α,β-unsaturated/α-hetero) is 1. The van der Waals surface area contributed by atoms with Crippen LogP contribution in [0.25, 0.3) is 0 Å². The highest BCUT2D eigenvalue weighted by atomic mass is 16.2. The maximum absolute atomic E-state index is 11.9. The summed E-state index contributed by atoms with van der Waals surface area (Å²) in [6.07, 6.45) is 5.80. The van der Waals surface area contributed by atoms with E-state index in [1.807, 2.05) is 33.1 Å². The number of carbonyl (C=O) groups excluding carboxylic acids is 2. The molecule has 0 unspecified atom stereocenters. The summed E-state index contributed by atoms with van der Waals surface area (Å²) in [5.74, 6) is -0.0444. The first kappa shape index (κ1) is 14.6. The van der Waals surface area contributed by atoms with Crippen LogP contribution in [-0.4, -0.2) is 23.9 Å². The molecule has 0 bridgehead atoms. The maximum Gasteiger partial charge on any atom is 0.225 e. The number of nitrogens with zero attached hydrogens (tertiary/aromatic N) is 1. The zero-order chi connectivity index (χ0) is 13.8. The van der Waals surface area contributed by atoms with Crippen LogP contribution in [0.4, 0.5) is 0 Å². The fourth-order valence-electron chi connectivity index (χ4n) is 1.54. The van der Waals surface area contributed by atoms with Crippen molar-refractivity contribution >= 4 is 17.9 Å². The Balaban J connectivity index is 2.37. The van der Waals surface area contributed by atoms with Gasteiger partial charge in [-0.05, 0) is 13.3 Å². The molecule has 1 atom stereocenters.